The summed E-state index contributed by atoms with van der Waals surface area (Å²) in [5.74, 6) is -3.15. The fraction of sp³-hybridized carbons (Fsp3) is 0.375. The minimum Gasteiger partial charge on any atom is -0.360 e. The molecule has 6 heteroatoms. The second-order valence-electron chi connectivity index (χ2n) is 5.68. The van der Waals surface area contributed by atoms with E-state index >= 15 is 0 Å². The number of para-hydroxylation sites is 1. The summed E-state index contributed by atoms with van der Waals surface area (Å²) in [5, 5.41) is 3.12. The molecule has 0 saturated heterocycles. The number of benzene rings is 1. The molecule has 0 aliphatic heterocycles. The Kier molecular flexibility index (Phi) is 3.68. The Bertz CT molecular complexity index is 760. The third kappa shape index (κ3) is 2.86. The fourth-order valence-electron chi connectivity index (χ4n) is 2.78. The maximum absolute atomic E-state index is 13.1. The number of carbonyl (C=O) groups is 1. The first-order valence-corrected chi connectivity index (χ1v) is 7.25. The number of alkyl halides is 2. The van der Waals surface area contributed by atoms with Gasteiger partial charge in [-0.05, 0) is 25.0 Å². The predicted molar refractivity (Wildman–Crippen MR) is 79.2 cm³/mol. The van der Waals surface area contributed by atoms with Crippen LogP contribution in [0, 0.1) is 0 Å². The number of amides is 1. The average Bonchev–Trinajstić information content (AvgIpc) is 2.50. The predicted octanol–water partition coefficient (Wildman–Crippen LogP) is 2.84. The Morgan fingerprint density at radius 1 is 1.23 bits per heavy atom. The van der Waals surface area contributed by atoms with Crippen molar-refractivity contribution in [3.63, 3.8) is 0 Å². The highest BCUT2D eigenvalue weighted by atomic mass is 19.3. The Balaban J connectivity index is 1.78. The molecule has 1 amide bonds. The first kappa shape index (κ1) is 14.7. The maximum atomic E-state index is 13.1. The van der Waals surface area contributed by atoms with Gasteiger partial charge in [-0.25, -0.2) is 8.78 Å². The summed E-state index contributed by atoms with van der Waals surface area (Å²) >= 11 is 0. The van der Waals surface area contributed by atoms with E-state index in [1.165, 1.54) is 6.20 Å². The molecule has 1 aliphatic rings. The molecule has 0 unspecified atom stereocenters. The van der Waals surface area contributed by atoms with Crippen molar-refractivity contribution in [2.45, 2.75) is 37.6 Å². The lowest BCUT2D eigenvalue weighted by molar-refractivity contribution is -0.0399. The quantitative estimate of drug-likeness (QED) is 0.896. The largest absolute Gasteiger partial charge is 0.360 e. The van der Waals surface area contributed by atoms with E-state index in [-0.39, 0.29) is 42.7 Å². The molecule has 2 aromatic rings. The van der Waals surface area contributed by atoms with Crippen LogP contribution in [0.2, 0.25) is 0 Å². The summed E-state index contributed by atoms with van der Waals surface area (Å²) in [4.78, 5) is 27.4. The molecule has 1 aliphatic carbocycles. The average molecular weight is 306 g/mol. The molecular weight excluding hydrogens is 290 g/mol. The van der Waals surface area contributed by atoms with Crippen LogP contribution in [0.3, 0.4) is 0 Å². The van der Waals surface area contributed by atoms with E-state index in [2.05, 4.69) is 10.3 Å². The number of aromatic nitrogens is 1. The maximum Gasteiger partial charge on any atom is 0.256 e. The number of halogens is 2. The van der Waals surface area contributed by atoms with E-state index in [0.717, 1.165) is 0 Å². The van der Waals surface area contributed by atoms with Gasteiger partial charge in [0, 0.05) is 36.0 Å². The summed E-state index contributed by atoms with van der Waals surface area (Å²) in [5.41, 5.74) is 0.311. The van der Waals surface area contributed by atoms with Crippen molar-refractivity contribution in [1.29, 1.82) is 0 Å². The van der Waals surface area contributed by atoms with Gasteiger partial charge in [-0.15, -0.1) is 0 Å². The number of nitrogens with one attached hydrogen (secondary N) is 2. The van der Waals surface area contributed by atoms with Crippen LogP contribution in [0.15, 0.2) is 35.3 Å². The number of hydrogen-bond acceptors (Lipinski definition) is 2. The Morgan fingerprint density at radius 2 is 1.91 bits per heavy atom. The minimum atomic E-state index is -2.64. The van der Waals surface area contributed by atoms with Crippen LogP contribution >= 0.6 is 0 Å². The molecule has 1 heterocycles. The van der Waals surface area contributed by atoms with Crippen molar-refractivity contribution in [2.24, 2.45) is 0 Å². The summed E-state index contributed by atoms with van der Waals surface area (Å²) in [6.45, 7) is 0. The lowest BCUT2D eigenvalue weighted by Gasteiger charge is -2.28. The second-order valence-corrected chi connectivity index (χ2v) is 5.68. The van der Waals surface area contributed by atoms with E-state index in [1.807, 2.05) is 0 Å². The minimum absolute atomic E-state index is 0.0102. The standard InChI is InChI=1S/C16H16F2N2O2/c17-16(18)7-5-10(6-8-16)20-15(22)12-9-19-13-4-2-1-3-11(13)14(12)21/h1-4,9-10H,5-8H2,(H,19,21)(H,20,22). The van der Waals surface area contributed by atoms with Gasteiger partial charge in [0.1, 0.15) is 5.56 Å². The topological polar surface area (TPSA) is 62.0 Å². The molecule has 116 valence electrons. The number of pyridine rings is 1. The van der Waals surface area contributed by atoms with E-state index in [1.54, 1.807) is 24.3 Å². The van der Waals surface area contributed by atoms with Crippen molar-refractivity contribution in [3.8, 4) is 0 Å². The summed E-state index contributed by atoms with van der Waals surface area (Å²) in [7, 11) is 0. The van der Waals surface area contributed by atoms with Gasteiger partial charge in [0.2, 0.25) is 11.4 Å². The SMILES string of the molecule is O=C(NC1CCC(F)(F)CC1)c1c[nH]c2ccccc2c1=O. The van der Waals surface area contributed by atoms with E-state index in [0.29, 0.717) is 10.9 Å². The van der Waals surface area contributed by atoms with Gasteiger partial charge in [-0.2, -0.15) is 0 Å². The summed E-state index contributed by atoms with van der Waals surface area (Å²) < 4.78 is 26.2. The highest BCUT2D eigenvalue weighted by molar-refractivity contribution is 5.97. The van der Waals surface area contributed by atoms with Gasteiger partial charge in [-0.3, -0.25) is 9.59 Å². The number of aromatic amines is 1. The molecule has 0 radical (unpaired) electrons. The number of rotatable bonds is 2. The summed E-state index contributed by atoms with van der Waals surface area (Å²) in [6, 6.07) is 6.61. The smallest absolute Gasteiger partial charge is 0.256 e. The van der Waals surface area contributed by atoms with Gasteiger partial charge in [0.25, 0.3) is 5.91 Å². The molecule has 0 atom stereocenters. The molecule has 3 rings (SSSR count). The molecule has 0 bridgehead atoms. The number of fused-ring (bicyclic) bond motifs is 1. The lowest BCUT2D eigenvalue weighted by Crippen LogP contribution is -2.41. The fourth-order valence-corrected chi connectivity index (χ4v) is 2.78. The Hall–Kier alpha value is -2.24. The van der Waals surface area contributed by atoms with E-state index in [9.17, 15) is 18.4 Å². The van der Waals surface area contributed by atoms with Crippen molar-refractivity contribution < 1.29 is 13.6 Å². The van der Waals surface area contributed by atoms with Crippen molar-refractivity contribution in [2.75, 3.05) is 0 Å². The van der Waals surface area contributed by atoms with E-state index in [4.69, 9.17) is 0 Å². The van der Waals surface area contributed by atoms with Crippen LogP contribution in [0.1, 0.15) is 36.0 Å². The highest BCUT2D eigenvalue weighted by Crippen LogP contribution is 2.33. The van der Waals surface area contributed by atoms with E-state index < -0.39 is 11.8 Å². The van der Waals surface area contributed by atoms with Gasteiger partial charge >= 0.3 is 0 Å². The number of carbonyl (C=O) groups excluding carboxylic acids is 1. The first-order chi connectivity index (χ1) is 10.5. The Morgan fingerprint density at radius 3 is 2.64 bits per heavy atom. The summed E-state index contributed by atoms with van der Waals surface area (Å²) in [6.07, 6.45) is 1.37. The van der Waals surface area contributed by atoms with Gasteiger partial charge in [0.05, 0.1) is 0 Å². The van der Waals surface area contributed by atoms with Crippen LogP contribution < -0.4 is 10.7 Å². The molecule has 1 aromatic carbocycles. The van der Waals surface area contributed by atoms with Crippen LogP contribution in [-0.2, 0) is 0 Å². The van der Waals surface area contributed by atoms with Crippen LogP contribution in [0.5, 0.6) is 0 Å². The monoisotopic (exact) mass is 306 g/mol. The lowest BCUT2D eigenvalue weighted by atomic mass is 9.92. The number of H-pyrrole nitrogens is 1. The van der Waals surface area contributed by atoms with Crippen molar-refractivity contribution in [3.05, 3.63) is 46.2 Å². The van der Waals surface area contributed by atoms with Crippen LogP contribution in [0.25, 0.3) is 10.9 Å². The molecule has 1 fully saturated rings. The Labute approximate surface area is 125 Å². The normalized spacial score (nSPS) is 18.3. The van der Waals surface area contributed by atoms with Gasteiger partial charge in [0.15, 0.2) is 0 Å². The zero-order valence-corrected chi connectivity index (χ0v) is 11.9. The van der Waals surface area contributed by atoms with Crippen molar-refractivity contribution in [1.82, 2.24) is 10.3 Å². The van der Waals surface area contributed by atoms with Crippen LogP contribution in [0.4, 0.5) is 8.78 Å². The third-order valence-corrected chi connectivity index (χ3v) is 4.09. The van der Waals surface area contributed by atoms with Crippen LogP contribution in [-0.4, -0.2) is 22.9 Å². The van der Waals surface area contributed by atoms with Gasteiger partial charge < -0.3 is 10.3 Å². The highest BCUT2D eigenvalue weighted by Gasteiger charge is 2.35. The first-order valence-electron chi connectivity index (χ1n) is 7.25. The van der Waals surface area contributed by atoms with Gasteiger partial charge in [-0.1, -0.05) is 12.1 Å². The molecule has 0 spiro atoms. The molecule has 4 nitrogen and oxygen atoms in total. The van der Waals surface area contributed by atoms with Crippen molar-refractivity contribution >= 4 is 16.8 Å². The zero-order valence-electron chi connectivity index (χ0n) is 11.9. The number of hydrogen-bond donors (Lipinski definition) is 2. The zero-order chi connectivity index (χ0) is 15.7. The second kappa shape index (κ2) is 5.51. The molecule has 1 saturated carbocycles. The third-order valence-electron chi connectivity index (χ3n) is 4.09. The molecular formula is C16H16F2N2O2. The molecule has 22 heavy (non-hydrogen) atoms. The molecule has 1 aromatic heterocycles. The molecule has 2 N–H and O–H groups in total.